The summed E-state index contributed by atoms with van der Waals surface area (Å²) >= 11 is 6.10. The molecular formula is C25H23ClFN3O3. The smallest absolute Gasteiger partial charge is 0.273 e. The molecule has 1 aliphatic rings. The second kappa shape index (κ2) is 10.1. The number of rotatable bonds is 6. The van der Waals surface area contributed by atoms with Gasteiger partial charge in [-0.1, -0.05) is 35.9 Å². The molecule has 33 heavy (non-hydrogen) atoms. The molecule has 0 bridgehead atoms. The van der Waals surface area contributed by atoms with Gasteiger partial charge in [0.1, 0.15) is 5.82 Å². The number of hydrogen-bond donors (Lipinski definition) is 0. The van der Waals surface area contributed by atoms with Gasteiger partial charge in [-0.2, -0.15) is 0 Å². The van der Waals surface area contributed by atoms with Crippen molar-refractivity contribution >= 4 is 28.9 Å². The average molecular weight is 468 g/mol. The molecule has 4 rings (SSSR count). The van der Waals surface area contributed by atoms with E-state index in [9.17, 15) is 19.3 Å². The van der Waals surface area contributed by atoms with E-state index in [0.29, 0.717) is 54.3 Å². The van der Waals surface area contributed by atoms with Crippen LogP contribution in [0.3, 0.4) is 0 Å². The Morgan fingerprint density at radius 2 is 1.76 bits per heavy atom. The zero-order valence-electron chi connectivity index (χ0n) is 17.9. The Morgan fingerprint density at radius 3 is 2.42 bits per heavy atom. The fourth-order valence-corrected chi connectivity index (χ4v) is 4.45. The Balaban J connectivity index is 1.53. The van der Waals surface area contributed by atoms with Gasteiger partial charge in [-0.05, 0) is 55.3 Å². The van der Waals surface area contributed by atoms with Crippen molar-refractivity contribution in [2.45, 2.75) is 25.4 Å². The molecule has 0 N–H and O–H groups in total. The topological polar surface area (TPSA) is 66.7 Å². The van der Waals surface area contributed by atoms with E-state index < -0.39 is 0 Å². The molecule has 170 valence electrons. The third-order valence-corrected chi connectivity index (χ3v) is 6.13. The molecule has 6 nitrogen and oxygen atoms in total. The Hall–Kier alpha value is -3.29. The van der Waals surface area contributed by atoms with Crippen LogP contribution in [0, 0.1) is 15.9 Å². The lowest BCUT2D eigenvalue weighted by atomic mass is 10.00. The molecule has 3 aromatic rings. The number of nitrogens with zero attached hydrogens (tertiary/aromatic N) is 3. The third-order valence-electron chi connectivity index (χ3n) is 5.90. The minimum Gasteiger partial charge on any atom is -0.305 e. The molecule has 0 atom stereocenters. The van der Waals surface area contributed by atoms with Crippen molar-refractivity contribution in [1.29, 1.82) is 0 Å². The fraction of sp³-hybridized carbons (Fsp3) is 0.240. The van der Waals surface area contributed by atoms with Gasteiger partial charge in [0, 0.05) is 53.6 Å². The fourth-order valence-electron chi connectivity index (χ4n) is 4.26. The van der Waals surface area contributed by atoms with E-state index in [1.165, 1.54) is 18.2 Å². The van der Waals surface area contributed by atoms with Gasteiger partial charge < -0.3 is 4.90 Å². The number of carbonyl (C=O) groups excluding carboxylic acids is 1. The van der Waals surface area contributed by atoms with Crippen LogP contribution in [0.4, 0.5) is 15.8 Å². The summed E-state index contributed by atoms with van der Waals surface area (Å²) in [7, 11) is 0. The van der Waals surface area contributed by atoms with Gasteiger partial charge in [-0.15, -0.1) is 0 Å². The van der Waals surface area contributed by atoms with Crippen molar-refractivity contribution in [1.82, 2.24) is 4.90 Å². The summed E-state index contributed by atoms with van der Waals surface area (Å²) in [5.41, 5.74) is 1.88. The van der Waals surface area contributed by atoms with E-state index in [1.54, 1.807) is 59.5 Å². The van der Waals surface area contributed by atoms with Crippen LogP contribution in [-0.2, 0) is 6.54 Å². The lowest BCUT2D eigenvalue weighted by Gasteiger charge is -2.38. The summed E-state index contributed by atoms with van der Waals surface area (Å²) < 4.78 is 13.5. The first-order valence-corrected chi connectivity index (χ1v) is 11.1. The monoisotopic (exact) mass is 467 g/mol. The summed E-state index contributed by atoms with van der Waals surface area (Å²) in [5.74, 6) is -0.561. The van der Waals surface area contributed by atoms with E-state index in [-0.39, 0.29) is 28.4 Å². The van der Waals surface area contributed by atoms with Crippen LogP contribution in [0.1, 0.15) is 28.8 Å². The van der Waals surface area contributed by atoms with Gasteiger partial charge in [0.05, 0.1) is 4.92 Å². The molecular weight excluding hydrogens is 445 g/mol. The van der Waals surface area contributed by atoms with Crippen LogP contribution in [0.15, 0.2) is 72.8 Å². The number of likely N-dealkylation sites (tertiary alicyclic amines) is 1. The van der Waals surface area contributed by atoms with Gasteiger partial charge in [0.2, 0.25) is 0 Å². The summed E-state index contributed by atoms with van der Waals surface area (Å²) in [4.78, 5) is 28.3. The molecule has 8 heteroatoms. The second-order valence-electron chi connectivity index (χ2n) is 8.06. The molecule has 0 unspecified atom stereocenters. The molecule has 3 aromatic carbocycles. The predicted octanol–water partition coefficient (Wildman–Crippen LogP) is 5.70. The Morgan fingerprint density at radius 1 is 1.06 bits per heavy atom. The number of para-hydroxylation sites is 1. The third kappa shape index (κ3) is 5.38. The Labute approximate surface area is 196 Å². The van der Waals surface area contributed by atoms with Crippen molar-refractivity contribution in [3.63, 3.8) is 0 Å². The first kappa shape index (κ1) is 22.9. The number of nitro benzene ring substituents is 1. The average Bonchev–Trinajstić information content (AvgIpc) is 2.82. The van der Waals surface area contributed by atoms with E-state index in [4.69, 9.17) is 11.6 Å². The van der Waals surface area contributed by atoms with Crippen molar-refractivity contribution < 1.29 is 14.1 Å². The van der Waals surface area contributed by atoms with Crippen LogP contribution in [0.5, 0.6) is 0 Å². The van der Waals surface area contributed by atoms with Crippen LogP contribution in [0.2, 0.25) is 5.02 Å². The minimum atomic E-state index is -0.367. The standard InChI is InChI=1S/C25H23ClFN3O3/c26-20-6-3-5-18(16-20)25(31)29(22-10-8-21(27)9-11-22)23-12-14-28(15-13-23)17-19-4-1-2-7-24(19)30(32)33/h1-11,16,23H,12-15,17H2. The SMILES string of the molecule is O=C(c1cccc(Cl)c1)N(c1ccc(F)cc1)C1CCN(Cc2ccccc2[N+](=O)[O-])CC1. The van der Waals surface area contributed by atoms with Gasteiger partial charge in [-0.25, -0.2) is 4.39 Å². The van der Waals surface area contributed by atoms with E-state index >= 15 is 0 Å². The normalized spacial score (nSPS) is 14.7. The molecule has 1 amide bonds. The van der Waals surface area contributed by atoms with E-state index in [0.717, 1.165) is 0 Å². The summed E-state index contributed by atoms with van der Waals surface area (Å²) in [5, 5.41) is 11.8. The van der Waals surface area contributed by atoms with Crippen LogP contribution >= 0.6 is 11.6 Å². The molecule has 0 aromatic heterocycles. The summed E-state index contributed by atoms with van der Waals surface area (Å²) in [6.45, 7) is 1.83. The first-order chi connectivity index (χ1) is 15.9. The zero-order valence-corrected chi connectivity index (χ0v) is 18.6. The van der Waals surface area contributed by atoms with Crippen LogP contribution in [-0.4, -0.2) is 34.9 Å². The summed E-state index contributed by atoms with van der Waals surface area (Å²) in [6, 6.07) is 19.4. The number of carbonyl (C=O) groups is 1. The van der Waals surface area contributed by atoms with Crippen LogP contribution in [0.25, 0.3) is 0 Å². The Kier molecular flexibility index (Phi) is 7.01. The predicted molar refractivity (Wildman–Crippen MR) is 126 cm³/mol. The lowest BCUT2D eigenvalue weighted by molar-refractivity contribution is -0.385. The van der Waals surface area contributed by atoms with Crippen molar-refractivity contribution in [3.8, 4) is 0 Å². The highest BCUT2D eigenvalue weighted by Crippen LogP contribution is 2.28. The quantitative estimate of drug-likeness (QED) is 0.344. The number of anilines is 1. The number of amides is 1. The number of benzene rings is 3. The highest BCUT2D eigenvalue weighted by Gasteiger charge is 2.30. The van der Waals surface area contributed by atoms with Crippen molar-refractivity contribution in [3.05, 3.63) is 105 Å². The van der Waals surface area contributed by atoms with Crippen molar-refractivity contribution in [2.24, 2.45) is 0 Å². The minimum absolute atomic E-state index is 0.0936. The molecule has 1 saturated heterocycles. The van der Waals surface area contributed by atoms with E-state index in [2.05, 4.69) is 4.90 Å². The molecule has 1 fully saturated rings. The maximum absolute atomic E-state index is 13.5. The molecule has 0 aliphatic carbocycles. The Bertz CT molecular complexity index is 1150. The second-order valence-corrected chi connectivity index (χ2v) is 8.49. The molecule has 0 radical (unpaired) electrons. The highest BCUT2D eigenvalue weighted by molar-refractivity contribution is 6.31. The maximum atomic E-state index is 13.5. The van der Waals surface area contributed by atoms with E-state index in [1.807, 2.05) is 0 Å². The maximum Gasteiger partial charge on any atom is 0.273 e. The molecule has 0 spiro atoms. The zero-order chi connectivity index (χ0) is 23.4. The van der Waals surface area contributed by atoms with Crippen molar-refractivity contribution in [2.75, 3.05) is 18.0 Å². The highest BCUT2D eigenvalue weighted by atomic mass is 35.5. The summed E-state index contributed by atoms with van der Waals surface area (Å²) in [6.07, 6.45) is 1.37. The number of hydrogen-bond acceptors (Lipinski definition) is 4. The molecule has 1 aliphatic heterocycles. The van der Waals surface area contributed by atoms with Gasteiger partial charge in [0.25, 0.3) is 11.6 Å². The number of piperidine rings is 1. The van der Waals surface area contributed by atoms with Gasteiger partial charge in [0.15, 0.2) is 0 Å². The number of nitro groups is 1. The van der Waals surface area contributed by atoms with Gasteiger partial charge >= 0.3 is 0 Å². The van der Waals surface area contributed by atoms with Gasteiger partial charge in [-0.3, -0.25) is 19.8 Å². The molecule has 1 heterocycles. The first-order valence-electron chi connectivity index (χ1n) is 10.7. The lowest BCUT2D eigenvalue weighted by Crippen LogP contribution is -2.47. The molecule has 0 saturated carbocycles. The largest absolute Gasteiger partial charge is 0.305 e. The number of halogens is 2. The van der Waals surface area contributed by atoms with Crippen LogP contribution < -0.4 is 4.90 Å².